The van der Waals surface area contributed by atoms with Crippen LogP contribution in [-0.2, 0) is 10.0 Å². The predicted octanol–water partition coefficient (Wildman–Crippen LogP) is 1.11. The molecule has 0 atom stereocenters. The van der Waals surface area contributed by atoms with Crippen LogP contribution in [0.1, 0.15) is 6.42 Å². The maximum atomic E-state index is 12.2. The summed E-state index contributed by atoms with van der Waals surface area (Å²) < 4.78 is 31.5. The fourth-order valence-electron chi connectivity index (χ4n) is 1.71. The Morgan fingerprint density at radius 2 is 2.00 bits per heavy atom. The van der Waals surface area contributed by atoms with Gasteiger partial charge in [-0.3, -0.25) is 0 Å². The molecule has 0 fully saturated rings. The van der Waals surface area contributed by atoms with E-state index < -0.39 is 10.0 Å². The molecule has 0 aliphatic heterocycles. The van der Waals surface area contributed by atoms with Crippen molar-refractivity contribution < 1.29 is 13.0 Å². The first-order valence-electron chi connectivity index (χ1n) is 5.97. The first kappa shape index (κ1) is 15.2. The zero-order valence-corrected chi connectivity index (χ0v) is 12.7. The average molecular weight is 319 g/mol. The number of aromatic nitrogens is 2. The number of sulfonamides is 1. The third-order valence-corrected chi connectivity index (χ3v) is 4.49. The molecular formula is C11H15ClN4O3S. The smallest absolute Gasteiger partial charge is 0.242 e. The van der Waals surface area contributed by atoms with Gasteiger partial charge in [0.05, 0.1) is 5.02 Å². The maximum Gasteiger partial charge on any atom is 0.242 e. The Kier molecular flexibility index (Phi) is 4.59. The van der Waals surface area contributed by atoms with Crippen molar-refractivity contribution in [3.05, 3.63) is 17.2 Å². The molecule has 0 aliphatic carbocycles. The molecule has 1 N–H and O–H groups in total. The van der Waals surface area contributed by atoms with Crippen molar-refractivity contribution >= 4 is 32.7 Å². The monoisotopic (exact) mass is 318 g/mol. The van der Waals surface area contributed by atoms with E-state index in [9.17, 15) is 8.42 Å². The van der Waals surface area contributed by atoms with Crippen molar-refractivity contribution in [2.75, 3.05) is 27.2 Å². The Morgan fingerprint density at radius 1 is 1.30 bits per heavy atom. The third-order valence-electron chi connectivity index (χ3n) is 2.69. The summed E-state index contributed by atoms with van der Waals surface area (Å²) in [6, 6.07) is 2.85. The molecule has 1 heterocycles. The van der Waals surface area contributed by atoms with Gasteiger partial charge in [0.25, 0.3) is 0 Å². The summed E-state index contributed by atoms with van der Waals surface area (Å²) in [6.07, 6.45) is 0.708. The van der Waals surface area contributed by atoms with E-state index in [2.05, 4.69) is 19.7 Å². The Labute approximate surface area is 121 Å². The van der Waals surface area contributed by atoms with E-state index in [1.807, 2.05) is 19.0 Å². The van der Waals surface area contributed by atoms with Crippen molar-refractivity contribution in [3.8, 4) is 0 Å². The van der Waals surface area contributed by atoms with E-state index in [-0.39, 0.29) is 15.9 Å². The first-order valence-corrected chi connectivity index (χ1v) is 7.83. The summed E-state index contributed by atoms with van der Waals surface area (Å²) in [7, 11) is 0.197. The number of fused-ring (bicyclic) bond motifs is 1. The second-order valence-electron chi connectivity index (χ2n) is 4.56. The number of rotatable bonds is 6. The maximum absolute atomic E-state index is 12.2. The summed E-state index contributed by atoms with van der Waals surface area (Å²) in [5, 5.41) is 7.50. The highest BCUT2D eigenvalue weighted by molar-refractivity contribution is 7.89. The molecule has 0 aliphatic rings. The predicted molar refractivity (Wildman–Crippen MR) is 75.2 cm³/mol. The van der Waals surface area contributed by atoms with Crippen molar-refractivity contribution in [2.45, 2.75) is 11.3 Å². The fraction of sp³-hybridized carbons (Fsp3) is 0.455. The molecular weight excluding hydrogens is 304 g/mol. The highest BCUT2D eigenvalue weighted by atomic mass is 35.5. The minimum Gasteiger partial charge on any atom is -0.309 e. The lowest BCUT2D eigenvalue weighted by Gasteiger charge is -2.10. The van der Waals surface area contributed by atoms with Gasteiger partial charge >= 0.3 is 0 Å². The second kappa shape index (κ2) is 6.04. The van der Waals surface area contributed by atoms with Crippen LogP contribution < -0.4 is 4.72 Å². The van der Waals surface area contributed by atoms with E-state index in [1.54, 1.807) is 0 Å². The topological polar surface area (TPSA) is 88.3 Å². The molecule has 1 aromatic heterocycles. The molecule has 2 rings (SSSR count). The zero-order valence-electron chi connectivity index (χ0n) is 11.1. The Hall–Kier alpha value is -1.22. The van der Waals surface area contributed by atoms with Crippen LogP contribution in [0.5, 0.6) is 0 Å². The normalized spacial score (nSPS) is 12.4. The number of hydrogen-bond acceptors (Lipinski definition) is 6. The molecule has 0 spiro atoms. The molecule has 9 heteroatoms. The molecule has 0 saturated carbocycles. The van der Waals surface area contributed by atoms with Gasteiger partial charge in [-0.2, -0.15) is 0 Å². The molecule has 0 radical (unpaired) electrons. The summed E-state index contributed by atoms with van der Waals surface area (Å²) in [6.45, 7) is 1.14. The largest absolute Gasteiger partial charge is 0.309 e. The Bertz CT molecular complexity index is 699. The standard InChI is InChI=1S/C11H15ClN4O3S/c1-16(2)7-3-6-13-20(17,18)9-5-4-8(12)10-11(9)15-19-14-10/h4-5,13H,3,6-7H2,1-2H3. The highest BCUT2D eigenvalue weighted by Gasteiger charge is 2.21. The molecule has 0 unspecified atom stereocenters. The number of halogens is 1. The molecule has 20 heavy (non-hydrogen) atoms. The van der Waals surface area contributed by atoms with Gasteiger partial charge in [0.2, 0.25) is 10.0 Å². The Morgan fingerprint density at radius 3 is 2.70 bits per heavy atom. The molecule has 110 valence electrons. The van der Waals surface area contributed by atoms with Gasteiger partial charge in [-0.15, -0.1) is 0 Å². The summed E-state index contributed by atoms with van der Waals surface area (Å²) >= 11 is 5.90. The molecule has 2 aromatic rings. The van der Waals surface area contributed by atoms with E-state index in [0.717, 1.165) is 6.54 Å². The van der Waals surface area contributed by atoms with Crippen LogP contribution in [0.2, 0.25) is 5.02 Å². The van der Waals surface area contributed by atoms with Gasteiger partial charge in [-0.1, -0.05) is 11.6 Å². The van der Waals surface area contributed by atoms with Crippen LogP contribution >= 0.6 is 11.6 Å². The van der Waals surface area contributed by atoms with Crippen molar-refractivity contribution in [1.29, 1.82) is 0 Å². The van der Waals surface area contributed by atoms with Gasteiger partial charge in [0, 0.05) is 6.54 Å². The summed E-state index contributed by atoms with van der Waals surface area (Å²) in [5.41, 5.74) is 0.375. The van der Waals surface area contributed by atoms with Crippen molar-refractivity contribution in [2.24, 2.45) is 0 Å². The number of hydrogen-bond donors (Lipinski definition) is 1. The summed E-state index contributed by atoms with van der Waals surface area (Å²) in [5.74, 6) is 0. The quantitative estimate of drug-likeness (QED) is 0.803. The van der Waals surface area contributed by atoms with Crippen LogP contribution in [0.15, 0.2) is 21.7 Å². The van der Waals surface area contributed by atoms with Crippen LogP contribution in [0.3, 0.4) is 0 Å². The minimum atomic E-state index is -3.66. The third kappa shape index (κ3) is 3.26. The van der Waals surface area contributed by atoms with Gasteiger partial charge in [0.1, 0.15) is 4.90 Å². The van der Waals surface area contributed by atoms with Crippen LogP contribution in [0.25, 0.3) is 11.0 Å². The Balaban J connectivity index is 2.20. The molecule has 0 amide bonds. The number of benzene rings is 1. The zero-order chi connectivity index (χ0) is 14.8. The van der Waals surface area contributed by atoms with Gasteiger partial charge < -0.3 is 4.90 Å². The van der Waals surface area contributed by atoms with E-state index in [4.69, 9.17) is 11.6 Å². The van der Waals surface area contributed by atoms with E-state index >= 15 is 0 Å². The minimum absolute atomic E-state index is 0.0167. The van der Waals surface area contributed by atoms with Crippen LogP contribution in [0.4, 0.5) is 0 Å². The van der Waals surface area contributed by atoms with E-state index in [1.165, 1.54) is 12.1 Å². The van der Waals surface area contributed by atoms with Gasteiger partial charge in [0.15, 0.2) is 11.0 Å². The number of nitrogens with zero attached hydrogens (tertiary/aromatic N) is 3. The molecule has 7 nitrogen and oxygen atoms in total. The van der Waals surface area contributed by atoms with Gasteiger partial charge in [-0.05, 0) is 49.5 Å². The lowest BCUT2D eigenvalue weighted by atomic mass is 10.3. The lowest BCUT2D eigenvalue weighted by Crippen LogP contribution is -2.27. The van der Waals surface area contributed by atoms with E-state index in [0.29, 0.717) is 18.0 Å². The molecule has 1 aromatic carbocycles. The highest BCUT2D eigenvalue weighted by Crippen LogP contribution is 2.26. The SMILES string of the molecule is CN(C)CCCNS(=O)(=O)c1ccc(Cl)c2nonc12. The van der Waals surface area contributed by atoms with Crippen molar-refractivity contribution in [1.82, 2.24) is 19.9 Å². The van der Waals surface area contributed by atoms with Gasteiger partial charge in [-0.25, -0.2) is 17.8 Å². The lowest BCUT2D eigenvalue weighted by molar-refractivity contribution is 0.315. The second-order valence-corrected chi connectivity index (χ2v) is 6.70. The molecule has 0 saturated heterocycles. The molecule has 0 bridgehead atoms. The average Bonchev–Trinajstić information content (AvgIpc) is 2.84. The van der Waals surface area contributed by atoms with Crippen LogP contribution in [-0.4, -0.2) is 50.8 Å². The first-order chi connectivity index (χ1) is 9.42. The number of nitrogens with one attached hydrogen (secondary N) is 1. The summed E-state index contributed by atoms with van der Waals surface area (Å²) in [4.78, 5) is 2.00. The van der Waals surface area contributed by atoms with Crippen molar-refractivity contribution in [3.63, 3.8) is 0 Å². The fourth-order valence-corrected chi connectivity index (χ4v) is 3.10. The van der Waals surface area contributed by atoms with Crippen LogP contribution in [0, 0.1) is 0 Å².